The van der Waals surface area contributed by atoms with Gasteiger partial charge in [-0.2, -0.15) is 0 Å². The van der Waals surface area contributed by atoms with E-state index in [1.807, 2.05) is 0 Å². The summed E-state index contributed by atoms with van der Waals surface area (Å²) in [5.41, 5.74) is -0.924. The summed E-state index contributed by atoms with van der Waals surface area (Å²) < 4.78 is 32.7. The van der Waals surface area contributed by atoms with E-state index in [4.69, 9.17) is 4.74 Å². The fourth-order valence-electron chi connectivity index (χ4n) is 2.23. The Morgan fingerprint density at radius 2 is 2.05 bits per heavy atom. The smallest absolute Gasteiger partial charge is 0.275 e. The van der Waals surface area contributed by atoms with Crippen LogP contribution in [0.4, 0.5) is 20.2 Å². The van der Waals surface area contributed by atoms with Crippen LogP contribution in [0.25, 0.3) is 0 Å². The summed E-state index contributed by atoms with van der Waals surface area (Å²) in [4.78, 5) is 9.64. The van der Waals surface area contributed by atoms with Crippen molar-refractivity contribution in [2.24, 2.45) is 0 Å². The van der Waals surface area contributed by atoms with E-state index in [2.05, 4.69) is 5.32 Å². The molecular weight excluding hydrogens is 270 g/mol. The first-order valence-corrected chi connectivity index (χ1v) is 6.57. The molecule has 1 N–H and O–H groups in total. The molecule has 1 heterocycles. The lowest BCUT2D eigenvalue weighted by Gasteiger charge is -2.22. The summed E-state index contributed by atoms with van der Waals surface area (Å²) in [5.74, 6) is -1.91. The molecule has 20 heavy (non-hydrogen) atoms. The van der Waals surface area contributed by atoms with Crippen LogP contribution in [0.15, 0.2) is 12.1 Å². The number of nitro benzene ring substituents is 1. The molecule has 0 aromatic heterocycles. The van der Waals surface area contributed by atoms with Gasteiger partial charge in [0.05, 0.1) is 23.2 Å². The number of nitrogens with one attached hydrogen (secondary N) is 1. The second kappa shape index (κ2) is 6.60. The van der Waals surface area contributed by atoms with Gasteiger partial charge in [-0.3, -0.25) is 10.1 Å². The maximum Gasteiger partial charge on any atom is 0.275 e. The van der Waals surface area contributed by atoms with Gasteiger partial charge in [0.2, 0.25) is 0 Å². The predicted molar refractivity (Wildman–Crippen MR) is 69.7 cm³/mol. The first-order chi connectivity index (χ1) is 9.58. The highest BCUT2D eigenvalue weighted by Crippen LogP contribution is 2.25. The van der Waals surface area contributed by atoms with Crippen molar-refractivity contribution in [3.63, 3.8) is 0 Å². The zero-order valence-corrected chi connectivity index (χ0v) is 10.9. The third kappa shape index (κ3) is 3.63. The van der Waals surface area contributed by atoms with Gasteiger partial charge in [0.25, 0.3) is 5.69 Å². The van der Waals surface area contributed by atoms with Crippen LogP contribution in [0.5, 0.6) is 0 Å². The topological polar surface area (TPSA) is 64.4 Å². The van der Waals surface area contributed by atoms with Crippen LogP contribution in [-0.2, 0) is 4.74 Å². The molecule has 110 valence electrons. The van der Waals surface area contributed by atoms with E-state index in [-0.39, 0.29) is 11.8 Å². The quantitative estimate of drug-likeness (QED) is 0.666. The first-order valence-electron chi connectivity index (χ1n) is 6.57. The van der Waals surface area contributed by atoms with Crippen LogP contribution in [0.3, 0.4) is 0 Å². The number of hydrogen-bond acceptors (Lipinski definition) is 4. The molecule has 7 heteroatoms. The third-order valence-electron chi connectivity index (χ3n) is 3.28. The number of benzene rings is 1. The highest BCUT2D eigenvalue weighted by atomic mass is 19.1. The molecule has 1 atom stereocenters. The van der Waals surface area contributed by atoms with Gasteiger partial charge in [0.1, 0.15) is 5.69 Å². The van der Waals surface area contributed by atoms with E-state index in [0.717, 1.165) is 25.9 Å². The Balaban J connectivity index is 1.93. The second-order valence-electron chi connectivity index (χ2n) is 4.75. The lowest BCUT2D eigenvalue weighted by Crippen LogP contribution is -2.22. The van der Waals surface area contributed by atoms with Crippen molar-refractivity contribution >= 4 is 11.4 Å². The van der Waals surface area contributed by atoms with Gasteiger partial charge in [-0.05, 0) is 25.7 Å². The molecule has 0 spiro atoms. The largest absolute Gasteiger partial charge is 0.380 e. The van der Waals surface area contributed by atoms with Gasteiger partial charge < -0.3 is 10.1 Å². The molecule has 1 aliphatic rings. The number of halogens is 2. The number of nitro groups is 1. The minimum absolute atomic E-state index is 0.112. The Labute approximate surface area is 115 Å². The average molecular weight is 286 g/mol. The third-order valence-corrected chi connectivity index (χ3v) is 3.28. The number of non-ortho nitro benzene ring substituents is 1. The van der Waals surface area contributed by atoms with Gasteiger partial charge in [-0.25, -0.2) is 8.78 Å². The second-order valence-corrected chi connectivity index (χ2v) is 4.75. The monoisotopic (exact) mass is 286 g/mol. The molecule has 0 bridgehead atoms. The highest BCUT2D eigenvalue weighted by Gasteiger charge is 2.18. The predicted octanol–water partition coefficient (Wildman–Crippen LogP) is 3.24. The van der Waals surface area contributed by atoms with Crippen LogP contribution >= 0.6 is 0 Å². The minimum Gasteiger partial charge on any atom is -0.380 e. The molecule has 0 amide bonds. The van der Waals surface area contributed by atoms with Gasteiger partial charge in [0.15, 0.2) is 11.6 Å². The Hall–Kier alpha value is -1.76. The van der Waals surface area contributed by atoms with Crippen LogP contribution in [0, 0.1) is 21.7 Å². The number of ether oxygens (including phenoxy) is 1. The summed E-state index contributed by atoms with van der Waals surface area (Å²) in [6, 6.07) is 1.42. The minimum atomic E-state index is -0.957. The number of rotatable bonds is 5. The lowest BCUT2D eigenvalue weighted by atomic mass is 10.1. The molecule has 0 radical (unpaired) electrons. The van der Waals surface area contributed by atoms with Crippen molar-refractivity contribution < 1.29 is 18.4 Å². The molecule has 1 unspecified atom stereocenters. The summed E-state index contributed by atoms with van der Waals surface area (Å²) in [6.45, 7) is 1.08. The van der Waals surface area contributed by atoms with Gasteiger partial charge in [0, 0.05) is 13.2 Å². The normalized spacial score (nSPS) is 18.8. The summed E-state index contributed by atoms with van der Waals surface area (Å²) in [5, 5.41) is 13.1. The molecule has 5 nitrogen and oxygen atoms in total. The summed E-state index contributed by atoms with van der Waals surface area (Å²) in [7, 11) is 0. The molecule has 1 aliphatic heterocycles. The van der Waals surface area contributed by atoms with Crippen LogP contribution < -0.4 is 5.32 Å². The fourth-order valence-corrected chi connectivity index (χ4v) is 2.23. The summed E-state index contributed by atoms with van der Waals surface area (Å²) in [6.07, 6.45) is 3.86. The molecular formula is C13H16F2N2O3. The fraction of sp³-hybridized carbons (Fsp3) is 0.538. The van der Waals surface area contributed by atoms with E-state index >= 15 is 0 Å². The Bertz CT molecular complexity index is 467. The molecule has 0 saturated carbocycles. The van der Waals surface area contributed by atoms with Crippen molar-refractivity contribution in [3.05, 3.63) is 33.9 Å². The Morgan fingerprint density at radius 3 is 2.60 bits per heavy atom. The average Bonchev–Trinajstić information content (AvgIpc) is 2.42. The zero-order chi connectivity index (χ0) is 14.5. The van der Waals surface area contributed by atoms with Crippen LogP contribution in [0.1, 0.15) is 25.7 Å². The lowest BCUT2D eigenvalue weighted by molar-refractivity contribution is -0.385. The van der Waals surface area contributed by atoms with E-state index in [0.29, 0.717) is 25.1 Å². The Kier molecular flexibility index (Phi) is 4.84. The van der Waals surface area contributed by atoms with E-state index < -0.39 is 22.2 Å². The van der Waals surface area contributed by atoms with Gasteiger partial charge in [-0.1, -0.05) is 0 Å². The van der Waals surface area contributed by atoms with Crippen LogP contribution in [0.2, 0.25) is 0 Å². The number of hydrogen-bond donors (Lipinski definition) is 1. The first kappa shape index (κ1) is 14.6. The molecule has 2 rings (SSSR count). The van der Waals surface area contributed by atoms with Crippen molar-refractivity contribution in [1.29, 1.82) is 0 Å². The molecule has 1 aromatic carbocycles. The standard InChI is InChI=1S/C13H16F2N2O3/c14-11-7-9(17(18)19)8-12(15)13(11)16-5-4-10-3-1-2-6-20-10/h7-8,10,16H,1-6H2. The highest BCUT2D eigenvalue weighted by molar-refractivity contribution is 5.51. The maximum absolute atomic E-state index is 13.6. The Morgan fingerprint density at radius 1 is 1.35 bits per heavy atom. The van der Waals surface area contributed by atoms with E-state index in [1.165, 1.54) is 0 Å². The molecule has 1 fully saturated rings. The molecule has 1 saturated heterocycles. The number of anilines is 1. The van der Waals surface area contributed by atoms with Crippen molar-refractivity contribution in [3.8, 4) is 0 Å². The van der Waals surface area contributed by atoms with Gasteiger partial charge >= 0.3 is 0 Å². The van der Waals surface area contributed by atoms with Crippen molar-refractivity contribution in [2.45, 2.75) is 31.8 Å². The molecule has 0 aliphatic carbocycles. The number of nitrogens with zero attached hydrogens (tertiary/aromatic N) is 1. The molecule has 1 aromatic rings. The van der Waals surface area contributed by atoms with Crippen LogP contribution in [-0.4, -0.2) is 24.2 Å². The van der Waals surface area contributed by atoms with E-state index in [9.17, 15) is 18.9 Å². The van der Waals surface area contributed by atoms with E-state index in [1.54, 1.807) is 0 Å². The summed E-state index contributed by atoms with van der Waals surface area (Å²) >= 11 is 0. The van der Waals surface area contributed by atoms with Crippen molar-refractivity contribution in [2.75, 3.05) is 18.5 Å². The van der Waals surface area contributed by atoms with Gasteiger partial charge in [-0.15, -0.1) is 0 Å². The zero-order valence-electron chi connectivity index (χ0n) is 10.9. The SMILES string of the molecule is O=[N+]([O-])c1cc(F)c(NCCC2CCCCO2)c(F)c1. The van der Waals surface area contributed by atoms with Crippen molar-refractivity contribution in [1.82, 2.24) is 0 Å². The maximum atomic E-state index is 13.6.